The predicted molar refractivity (Wildman–Crippen MR) is 76.2 cm³/mol. The predicted octanol–water partition coefficient (Wildman–Crippen LogP) is 1.69. The molecule has 2 aliphatic rings. The highest BCUT2D eigenvalue weighted by atomic mass is 32.1. The molecule has 0 aromatic carbocycles. The molecule has 0 aliphatic carbocycles. The molecular formula is C13H18N4O2S. The Hall–Kier alpha value is -1.18. The normalized spacial score (nSPS) is 22.1. The number of rotatable bonds is 2. The van der Waals surface area contributed by atoms with E-state index < -0.39 is 0 Å². The molecule has 0 radical (unpaired) electrons. The number of piperidine rings is 1. The second kappa shape index (κ2) is 4.98. The van der Waals surface area contributed by atoms with Gasteiger partial charge in [0.2, 0.25) is 10.1 Å². The van der Waals surface area contributed by atoms with Gasteiger partial charge in [0.1, 0.15) is 0 Å². The summed E-state index contributed by atoms with van der Waals surface area (Å²) in [5.41, 5.74) is 1.02. The number of hydrogen-bond acceptors (Lipinski definition) is 6. The van der Waals surface area contributed by atoms with E-state index in [0.29, 0.717) is 5.92 Å². The van der Waals surface area contributed by atoms with Crippen molar-refractivity contribution < 1.29 is 9.47 Å². The average Bonchev–Trinajstić information content (AvgIpc) is 3.13. The van der Waals surface area contributed by atoms with Gasteiger partial charge in [0.15, 0.2) is 6.29 Å². The maximum absolute atomic E-state index is 5.61. The van der Waals surface area contributed by atoms with Crippen molar-refractivity contribution in [2.24, 2.45) is 5.92 Å². The van der Waals surface area contributed by atoms with E-state index in [-0.39, 0.29) is 6.29 Å². The number of imidazole rings is 1. The molecule has 0 spiro atoms. The molecule has 0 atom stereocenters. The third-order valence-corrected chi connectivity index (χ3v) is 4.98. The molecule has 0 unspecified atom stereocenters. The van der Waals surface area contributed by atoms with Crippen LogP contribution in [0, 0.1) is 12.8 Å². The smallest absolute Gasteiger partial charge is 0.214 e. The first-order valence-corrected chi connectivity index (χ1v) is 7.92. The lowest BCUT2D eigenvalue weighted by atomic mass is 9.96. The van der Waals surface area contributed by atoms with Gasteiger partial charge in [0, 0.05) is 19.0 Å². The Kier molecular flexibility index (Phi) is 3.13. The van der Waals surface area contributed by atoms with E-state index in [1.54, 1.807) is 11.3 Å². The number of aryl methyl sites for hydroxylation is 1. The highest BCUT2D eigenvalue weighted by Gasteiger charge is 2.31. The zero-order chi connectivity index (χ0) is 13.5. The largest absolute Gasteiger partial charge is 0.350 e. The number of hydrogen-bond donors (Lipinski definition) is 0. The molecule has 4 rings (SSSR count). The van der Waals surface area contributed by atoms with Crippen molar-refractivity contribution in [1.29, 1.82) is 0 Å². The summed E-state index contributed by atoms with van der Waals surface area (Å²) in [6, 6.07) is 0. The van der Waals surface area contributed by atoms with Crippen molar-refractivity contribution in [2.45, 2.75) is 26.1 Å². The minimum absolute atomic E-state index is 0.0217. The number of ether oxygens (including phenoxy) is 2. The zero-order valence-corrected chi connectivity index (χ0v) is 12.3. The monoisotopic (exact) mass is 294 g/mol. The molecule has 4 heterocycles. The topological polar surface area (TPSA) is 51.9 Å². The van der Waals surface area contributed by atoms with Crippen LogP contribution < -0.4 is 4.90 Å². The Morgan fingerprint density at radius 3 is 2.70 bits per heavy atom. The maximum atomic E-state index is 5.61. The fourth-order valence-corrected chi connectivity index (χ4v) is 3.92. The van der Waals surface area contributed by atoms with E-state index in [0.717, 1.165) is 54.9 Å². The molecule has 2 aromatic heterocycles. The SMILES string of the molecule is Cc1cn2nc(N3CCC(C4OCCO4)CC3)sc2n1. The molecule has 0 N–H and O–H groups in total. The van der Waals surface area contributed by atoms with E-state index in [9.17, 15) is 0 Å². The Balaban J connectivity index is 1.44. The maximum Gasteiger partial charge on any atom is 0.214 e. The van der Waals surface area contributed by atoms with Gasteiger partial charge in [-0.05, 0) is 19.8 Å². The third-order valence-electron chi connectivity index (χ3n) is 4.00. The zero-order valence-electron chi connectivity index (χ0n) is 11.5. The van der Waals surface area contributed by atoms with E-state index in [2.05, 4.69) is 15.0 Å². The summed E-state index contributed by atoms with van der Waals surface area (Å²) in [6.45, 7) is 5.52. The van der Waals surface area contributed by atoms with Crippen molar-refractivity contribution in [3.63, 3.8) is 0 Å². The standard InChI is InChI=1S/C13H18N4O2S/c1-9-8-17-12(14-9)20-13(15-17)16-4-2-10(3-5-16)11-18-6-7-19-11/h8,10-11H,2-7H2,1H3. The van der Waals surface area contributed by atoms with Gasteiger partial charge in [-0.1, -0.05) is 11.3 Å². The van der Waals surface area contributed by atoms with Gasteiger partial charge in [-0.25, -0.2) is 9.50 Å². The number of aromatic nitrogens is 3. The van der Waals surface area contributed by atoms with E-state index >= 15 is 0 Å². The third kappa shape index (κ3) is 2.19. The van der Waals surface area contributed by atoms with Crippen molar-refractivity contribution in [1.82, 2.24) is 14.6 Å². The molecule has 108 valence electrons. The molecule has 0 bridgehead atoms. The lowest BCUT2D eigenvalue weighted by molar-refractivity contribution is -0.0889. The highest BCUT2D eigenvalue weighted by Crippen LogP contribution is 2.30. The lowest BCUT2D eigenvalue weighted by Gasteiger charge is -2.33. The average molecular weight is 294 g/mol. The van der Waals surface area contributed by atoms with Crippen LogP contribution in [0.2, 0.25) is 0 Å². The number of nitrogens with zero attached hydrogens (tertiary/aromatic N) is 4. The molecule has 20 heavy (non-hydrogen) atoms. The van der Waals surface area contributed by atoms with Crippen LogP contribution in [-0.4, -0.2) is 47.2 Å². The van der Waals surface area contributed by atoms with Gasteiger partial charge in [-0.15, -0.1) is 5.10 Å². The molecule has 2 aromatic rings. The van der Waals surface area contributed by atoms with Crippen LogP contribution >= 0.6 is 11.3 Å². The van der Waals surface area contributed by atoms with E-state index in [1.807, 2.05) is 17.6 Å². The van der Waals surface area contributed by atoms with Gasteiger partial charge >= 0.3 is 0 Å². The van der Waals surface area contributed by atoms with Crippen LogP contribution in [-0.2, 0) is 9.47 Å². The van der Waals surface area contributed by atoms with E-state index in [4.69, 9.17) is 9.47 Å². The van der Waals surface area contributed by atoms with Gasteiger partial charge in [0.25, 0.3) is 0 Å². The number of anilines is 1. The molecule has 2 saturated heterocycles. The van der Waals surface area contributed by atoms with Crippen LogP contribution in [0.1, 0.15) is 18.5 Å². The molecule has 0 saturated carbocycles. The van der Waals surface area contributed by atoms with Crippen LogP contribution in [0.4, 0.5) is 5.13 Å². The molecule has 2 aliphatic heterocycles. The fraction of sp³-hybridized carbons (Fsp3) is 0.692. The minimum atomic E-state index is 0.0217. The Labute approximate surface area is 121 Å². The summed E-state index contributed by atoms with van der Waals surface area (Å²) >= 11 is 1.66. The fourth-order valence-electron chi connectivity index (χ4n) is 2.94. The second-order valence-electron chi connectivity index (χ2n) is 5.43. The highest BCUT2D eigenvalue weighted by molar-refractivity contribution is 7.20. The number of fused-ring (bicyclic) bond motifs is 1. The summed E-state index contributed by atoms with van der Waals surface area (Å²) in [4.78, 5) is 7.78. The van der Waals surface area contributed by atoms with Crippen molar-refractivity contribution in [2.75, 3.05) is 31.2 Å². The van der Waals surface area contributed by atoms with Crippen molar-refractivity contribution in [3.05, 3.63) is 11.9 Å². The van der Waals surface area contributed by atoms with Gasteiger partial charge in [-0.3, -0.25) is 0 Å². The Morgan fingerprint density at radius 1 is 1.25 bits per heavy atom. The second-order valence-corrected chi connectivity index (χ2v) is 6.36. The lowest BCUT2D eigenvalue weighted by Crippen LogP contribution is -2.38. The first-order valence-electron chi connectivity index (χ1n) is 7.10. The molecule has 2 fully saturated rings. The van der Waals surface area contributed by atoms with Gasteiger partial charge < -0.3 is 14.4 Å². The van der Waals surface area contributed by atoms with Crippen LogP contribution in [0.5, 0.6) is 0 Å². The minimum Gasteiger partial charge on any atom is -0.350 e. The Bertz CT molecular complexity index is 565. The van der Waals surface area contributed by atoms with Crippen LogP contribution in [0.15, 0.2) is 6.20 Å². The van der Waals surface area contributed by atoms with E-state index in [1.165, 1.54) is 0 Å². The molecular weight excluding hydrogens is 276 g/mol. The van der Waals surface area contributed by atoms with Crippen molar-refractivity contribution in [3.8, 4) is 0 Å². The van der Waals surface area contributed by atoms with Crippen LogP contribution in [0.3, 0.4) is 0 Å². The summed E-state index contributed by atoms with van der Waals surface area (Å²) in [5, 5.41) is 5.68. The molecule has 0 amide bonds. The molecule has 6 nitrogen and oxygen atoms in total. The van der Waals surface area contributed by atoms with Gasteiger partial charge in [0.05, 0.1) is 25.1 Å². The summed E-state index contributed by atoms with van der Waals surface area (Å²) in [7, 11) is 0. The van der Waals surface area contributed by atoms with Crippen LogP contribution in [0.25, 0.3) is 4.96 Å². The summed E-state index contributed by atoms with van der Waals surface area (Å²) < 4.78 is 13.1. The molecule has 7 heteroatoms. The quantitative estimate of drug-likeness (QED) is 0.843. The summed E-state index contributed by atoms with van der Waals surface area (Å²) in [5.74, 6) is 0.528. The Morgan fingerprint density at radius 2 is 2.00 bits per heavy atom. The van der Waals surface area contributed by atoms with Gasteiger partial charge in [-0.2, -0.15) is 0 Å². The summed E-state index contributed by atoms with van der Waals surface area (Å²) in [6.07, 6.45) is 4.20. The first-order chi connectivity index (χ1) is 9.79. The first kappa shape index (κ1) is 12.6. The van der Waals surface area contributed by atoms with Crippen molar-refractivity contribution >= 4 is 21.4 Å².